The number of hydrogen-bond acceptors (Lipinski definition) is 5. The molecule has 0 aliphatic heterocycles. The third-order valence-corrected chi connectivity index (χ3v) is 3.65. The molecular formula is C18H22FN3O4. The lowest BCUT2D eigenvalue weighted by atomic mass is 10.1. The Labute approximate surface area is 151 Å². The van der Waals surface area contributed by atoms with Gasteiger partial charge in [0.25, 0.3) is 5.91 Å². The van der Waals surface area contributed by atoms with Crippen molar-refractivity contribution in [3.8, 4) is 5.75 Å². The zero-order valence-corrected chi connectivity index (χ0v) is 15.2. The lowest BCUT2D eigenvalue weighted by molar-refractivity contribution is -0.152. The summed E-state index contributed by atoms with van der Waals surface area (Å²) in [5.41, 5.74) is 0.429. The van der Waals surface area contributed by atoms with Crippen LogP contribution in [0.25, 0.3) is 0 Å². The molecular weight excluding hydrogens is 341 g/mol. The van der Waals surface area contributed by atoms with Gasteiger partial charge in [0.05, 0.1) is 19.7 Å². The number of amides is 1. The van der Waals surface area contributed by atoms with Crippen molar-refractivity contribution in [3.63, 3.8) is 0 Å². The highest BCUT2D eigenvalue weighted by Gasteiger charge is 2.20. The van der Waals surface area contributed by atoms with E-state index >= 15 is 0 Å². The fourth-order valence-electron chi connectivity index (χ4n) is 2.33. The number of nitrogens with one attached hydrogen (secondary N) is 1. The molecule has 2 rings (SSSR count). The lowest BCUT2D eigenvalue weighted by Crippen LogP contribution is -2.31. The minimum Gasteiger partial charge on any atom is -0.494 e. The van der Waals surface area contributed by atoms with Crippen molar-refractivity contribution in [1.82, 2.24) is 9.78 Å². The fraction of sp³-hybridized carbons (Fsp3) is 0.389. The number of methoxy groups -OCH3 is 1. The highest BCUT2D eigenvalue weighted by molar-refractivity contribution is 5.94. The van der Waals surface area contributed by atoms with Crippen molar-refractivity contribution in [2.24, 2.45) is 0 Å². The minimum absolute atomic E-state index is 0.0723. The number of nitrogens with zero attached hydrogens (tertiary/aromatic N) is 2. The van der Waals surface area contributed by atoms with Gasteiger partial charge in [-0.15, -0.1) is 0 Å². The lowest BCUT2D eigenvalue weighted by Gasteiger charge is -2.16. The summed E-state index contributed by atoms with van der Waals surface area (Å²) in [7, 11) is 1.36. The Morgan fingerprint density at radius 2 is 2.00 bits per heavy atom. The van der Waals surface area contributed by atoms with E-state index in [4.69, 9.17) is 9.47 Å². The Bertz CT molecular complexity index is 788. The monoisotopic (exact) mass is 363 g/mol. The van der Waals surface area contributed by atoms with E-state index < -0.39 is 23.8 Å². The highest BCUT2D eigenvalue weighted by Crippen LogP contribution is 2.18. The average molecular weight is 363 g/mol. The number of benzene rings is 1. The van der Waals surface area contributed by atoms with Crippen molar-refractivity contribution in [1.29, 1.82) is 0 Å². The Morgan fingerprint density at radius 1 is 1.27 bits per heavy atom. The first-order valence-electron chi connectivity index (χ1n) is 8.18. The first-order chi connectivity index (χ1) is 12.3. The van der Waals surface area contributed by atoms with Crippen LogP contribution >= 0.6 is 0 Å². The zero-order chi connectivity index (χ0) is 19.3. The zero-order valence-electron chi connectivity index (χ0n) is 15.2. The van der Waals surface area contributed by atoms with Crippen molar-refractivity contribution < 1.29 is 23.5 Å². The van der Waals surface area contributed by atoms with Gasteiger partial charge in [-0.1, -0.05) is 6.07 Å². The topological polar surface area (TPSA) is 82.4 Å². The third-order valence-electron chi connectivity index (χ3n) is 3.65. The molecule has 26 heavy (non-hydrogen) atoms. The minimum atomic E-state index is -0.999. The van der Waals surface area contributed by atoms with Gasteiger partial charge in [0.15, 0.2) is 17.7 Å². The molecule has 7 nitrogen and oxygen atoms in total. The van der Waals surface area contributed by atoms with Crippen LogP contribution in [-0.4, -0.2) is 34.9 Å². The summed E-state index contributed by atoms with van der Waals surface area (Å²) < 4.78 is 25.3. The fourth-order valence-corrected chi connectivity index (χ4v) is 2.33. The van der Waals surface area contributed by atoms with Crippen LogP contribution in [0.5, 0.6) is 5.75 Å². The van der Waals surface area contributed by atoms with Crippen LogP contribution in [0.1, 0.15) is 32.4 Å². The van der Waals surface area contributed by atoms with Gasteiger partial charge in [-0.2, -0.15) is 5.10 Å². The summed E-state index contributed by atoms with van der Waals surface area (Å²) in [5.74, 6) is -1.05. The van der Waals surface area contributed by atoms with E-state index in [-0.39, 0.29) is 18.2 Å². The summed E-state index contributed by atoms with van der Waals surface area (Å²) in [4.78, 5) is 24.2. The number of esters is 1. The highest BCUT2D eigenvalue weighted by atomic mass is 19.1. The number of anilines is 1. The van der Waals surface area contributed by atoms with Crippen molar-refractivity contribution >= 4 is 17.7 Å². The maximum atomic E-state index is 13.7. The molecule has 0 aliphatic rings. The van der Waals surface area contributed by atoms with Gasteiger partial charge < -0.3 is 14.8 Å². The van der Waals surface area contributed by atoms with Crippen LogP contribution < -0.4 is 10.1 Å². The number of aromatic nitrogens is 2. The summed E-state index contributed by atoms with van der Waals surface area (Å²) >= 11 is 0. The molecule has 1 amide bonds. The molecule has 0 unspecified atom stereocenters. The van der Waals surface area contributed by atoms with Crippen molar-refractivity contribution in [3.05, 3.63) is 41.8 Å². The number of ether oxygens (including phenoxy) is 2. The molecule has 1 aromatic carbocycles. The Kier molecular flexibility index (Phi) is 6.32. The molecule has 1 heterocycles. The molecule has 0 bridgehead atoms. The van der Waals surface area contributed by atoms with Crippen LogP contribution in [0, 0.1) is 5.82 Å². The van der Waals surface area contributed by atoms with Crippen molar-refractivity contribution in [2.75, 3.05) is 12.4 Å². The van der Waals surface area contributed by atoms with Gasteiger partial charge in [-0.25, -0.2) is 9.07 Å². The molecule has 0 radical (unpaired) electrons. The van der Waals surface area contributed by atoms with Crippen LogP contribution in [0.15, 0.2) is 30.5 Å². The Hall–Kier alpha value is -2.90. The molecule has 0 saturated heterocycles. The van der Waals surface area contributed by atoms with E-state index in [9.17, 15) is 14.0 Å². The van der Waals surface area contributed by atoms with Crippen LogP contribution in [0.4, 0.5) is 10.2 Å². The molecule has 1 N–H and O–H groups in total. The van der Waals surface area contributed by atoms with E-state index in [1.807, 2.05) is 13.8 Å². The van der Waals surface area contributed by atoms with Gasteiger partial charge >= 0.3 is 5.97 Å². The average Bonchev–Trinajstić information content (AvgIpc) is 3.03. The summed E-state index contributed by atoms with van der Waals surface area (Å²) in [6.07, 6.45) is 0.425. The van der Waals surface area contributed by atoms with E-state index in [1.165, 1.54) is 26.2 Å². The maximum absolute atomic E-state index is 13.7. The third kappa shape index (κ3) is 4.81. The standard InChI is InChI=1S/C18H22FN3O4/c1-11(2)22-16(7-8-20-22)21-18(24)12(3)26-17(23)10-13-5-6-15(25-4)14(19)9-13/h5-9,11-12H,10H2,1-4H3,(H,21,24)/t12-/m1/s1. The number of carbonyl (C=O) groups excluding carboxylic acids is 2. The molecule has 0 fully saturated rings. The van der Waals surface area contributed by atoms with E-state index in [1.54, 1.807) is 23.0 Å². The second-order valence-corrected chi connectivity index (χ2v) is 6.02. The number of rotatable bonds is 7. The molecule has 0 aliphatic carbocycles. The SMILES string of the molecule is COc1ccc(CC(=O)O[C@H](C)C(=O)Nc2ccnn2C(C)C)cc1F. The summed E-state index contributed by atoms with van der Waals surface area (Å²) in [6, 6.07) is 5.93. The molecule has 0 spiro atoms. The van der Waals surface area contributed by atoms with Crippen LogP contribution in [0.2, 0.25) is 0 Å². The largest absolute Gasteiger partial charge is 0.494 e. The molecule has 1 atom stereocenters. The summed E-state index contributed by atoms with van der Waals surface area (Å²) in [6.45, 7) is 5.33. The molecule has 0 saturated carbocycles. The number of carbonyl (C=O) groups is 2. The predicted molar refractivity (Wildman–Crippen MR) is 93.5 cm³/mol. The first kappa shape index (κ1) is 19.4. The normalized spacial score (nSPS) is 11.9. The van der Waals surface area contributed by atoms with Crippen molar-refractivity contribution in [2.45, 2.75) is 39.3 Å². The van der Waals surface area contributed by atoms with Gasteiger partial charge in [0, 0.05) is 12.1 Å². The van der Waals surface area contributed by atoms with Gasteiger partial charge in [-0.05, 0) is 38.5 Å². The van der Waals surface area contributed by atoms with Crippen LogP contribution in [0.3, 0.4) is 0 Å². The van der Waals surface area contributed by atoms with E-state index in [0.717, 1.165) is 0 Å². The molecule has 8 heteroatoms. The molecule has 2 aromatic rings. The van der Waals surface area contributed by atoms with Gasteiger partial charge in [0.1, 0.15) is 5.82 Å². The Morgan fingerprint density at radius 3 is 2.62 bits per heavy atom. The van der Waals surface area contributed by atoms with E-state index in [2.05, 4.69) is 10.4 Å². The molecule has 140 valence electrons. The smallest absolute Gasteiger partial charge is 0.311 e. The van der Waals surface area contributed by atoms with E-state index in [0.29, 0.717) is 11.4 Å². The summed E-state index contributed by atoms with van der Waals surface area (Å²) in [5, 5.41) is 6.79. The quantitative estimate of drug-likeness (QED) is 0.765. The number of halogens is 1. The second kappa shape index (κ2) is 8.46. The second-order valence-electron chi connectivity index (χ2n) is 6.02. The molecule has 1 aromatic heterocycles. The first-order valence-corrected chi connectivity index (χ1v) is 8.18. The predicted octanol–water partition coefficient (Wildman–Crippen LogP) is 2.72. The van der Waals surface area contributed by atoms with Gasteiger partial charge in [0.2, 0.25) is 0 Å². The van der Waals surface area contributed by atoms with Crippen LogP contribution in [-0.2, 0) is 20.7 Å². The maximum Gasteiger partial charge on any atom is 0.311 e. The van der Waals surface area contributed by atoms with Gasteiger partial charge in [-0.3, -0.25) is 9.59 Å². The Balaban J connectivity index is 1.92. The number of hydrogen-bond donors (Lipinski definition) is 1.